The number of amides is 3. The Morgan fingerprint density at radius 3 is 2.39 bits per heavy atom. The van der Waals surface area contributed by atoms with Crippen molar-refractivity contribution in [3.8, 4) is 0 Å². The summed E-state index contributed by atoms with van der Waals surface area (Å²) in [6.45, 7) is 3.75. The number of imide groups is 1. The fourth-order valence-electron chi connectivity index (χ4n) is 2.44. The number of carbonyl (C=O) groups is 2. The van der Waals surface area contributed by atoms with Gasteiger partial charge >= 0.3 is 6.03 Å². The van der Waals surface area contributed by atoms with Crippen LogP contribution < -0.4 is 10.6 Å². The van der Waals surface area contributed by atoms with Gasteiger partial charge in [0.2, 0.25) is 5.91 Å². The van der Waals surface area contributed by atoms with Gasteiger partial charge in [-0.1, -0.05) is 19.8 Å². The lowest BCUT2D eigenvalue weighted by molar-refractivity contribution is -0.119. The molecule has 1 fully saturated rings. The first-order valence-electron chi connectivity index (χ1n) is 6.78. The zero-order chi connectivity index (χ0) is 13.5. The van der Waals surface area contributed by atoms with E-state index in [1.165, 1.54) is 25.7 Å². The van der Waals surface area contributed by atoms with Crippen molar-refractivity contribution in [1.82, 2.24) is 10.6 Å². The summed E-state index contributed by atoms with van der Waals surface area (Å²) in [4.78, 5) is 22.8. The van der Waals surface area contributed by atoms with E-state index in [0.29, 0.717) is 0 Å². The summed E-state index contributed by atoms with van der Waals surface area (Å²) in [6, 6.07) is -0.233. The van der Waals surface area contributed by atoms with Crippen LogP contribution in [0.25, 0.3) is 0 Å². The highest BCUT2D eigenvalue weighted by Gasteiger charge is 2.22. The molecule has 1 atom stereocenters. The predicted octanol–water partition coefficient (Wildman–Crippen LogP) is 2.80. The number of urea groups is 1. The molecule has 18 heavy (non-hydrogen) atoms. The Balaban J connectivity index is 2.24. The fraction of sp³-hybridized carbons (Fsp3) is 0.846. The van der Waals surface area contributed by atoms with Crippen LogP contribution in [0.4, 0.5) is 4.79 Å². The number of alkyl halides is 1. The average Bonchev–Trinajstić information content (AvgIpc) is 2.31. The minimum Gasteiger partial charge on any atom is -0.335 e. The molecule has 0 bridgehead atoms. The highest BCUT2D eigenvalue weighted by molar-refractivity contribution is 6.31. The molecule has 0 radical (unpaired) electrons. The van der Waals surface area contributed by atoms with E-state index in [-0.39, 0.29) is 6.04 Å². The Morgan fingerprint density at radius 1 is 1.28 bits per heavy atom. The first-order chi connectivity index (χ1) is 8.52. The van der Waals surface area contributed by atoms with Crippen molar-refractivity contribution in [3.63, 3.8) is 0 Å². The van der Waals surface area contributed by atoms with Crippen LogP contribution >= 0.6 is 11.6 Å². The second-order valence-corrected chi connectivity index (χ2v) is 5.74. The SMILES string of the molecule is CCCC1CCC(NC(=O)NC(=O)C(C)Cl)CC1. The first kappa shape index (κ1) is 15.3. The molecule has 3 amide bonds. The molecule has 2 N–H and O–H groups in total. The van der Waals surface area contributed by atoms with Gasteiger partial charge in [0, 0.05) is 6.04 Å². The van der Waals surface area contributed by atoms with Gasteiger partial charge in [-0.3, -0.25) is 10.1 Å². The number of hydrogen-bond acceptors (Lipinski definition) is 2. The maximum Gasteiger partial charge on any atom is 0.321 e. The number of hydrogen-bond donors (Lipinski definition) is 2. The maximum absolute atomic E-state index is 11.5. The smallest absolute Gasteiger partial charge is 0.321 e. The lowest BCUT2D eigenvalue weighted by atomic mass is 9.83. The Kier molecular flexibility index (Phi) is 6.47. The van der Waals surface area contributed by atoms with Gasteiger partial charge in [-0.25, -0.2) is 4.79 Å². The topological polar surface area (TPSA) is 58.2 Å². The second-order valence-electron chi connectivity index (χ2n) is 5.09. The van der Waals surface area contributed by atoms with Crippen LogP contribution in [-0.2, 0) is 4.79 Å². The highest BCUT2D eigenvalue weighted by atomic mass is 35.5. The summed E-state index contributed by atoms with van der Waals surface area (Å²) < 4.78 is 0. The van der Waals surface area contributed by atoms with Gasteiger partial charge in [0.05, 0.1) is 0 Å². The Bertz CT molecular complexity index is 287. The fourth-order valence-corrected chi connectivity index (χ4v) is 2.49. The van der Waals surface area contributed by atoms with E-state index in [2.05, 4.69) is 17.6 Å². The molecular formula is C13H23ClN2O2. The summed E-state index contributed by atoms with van der Waals surface area (Å²) in [5.74, 6) is 0.356. The highest BCUT2D eigenvalue weighted by Crippen LogP contribution is 2.27. The number of carbonyl (C=O) groups excluding carboxylic acids is 2. The summed E-state index contributed by atoms with van der Waals surface area (Å²) in [7, 11) is 0. The molecule has 104 valence electrons. The van der Waals surface area contributed by atoms with E-state index in [0.717, 1.165) is 18.8 Å². The molecule has 1 rings (SSSR count). The van der Waals surface area contributed by atoms with Crippen molar-refractivity contribution in [2.24, 2.45) is 5.92 Å². The van der Waals surface area contributed by atoms with E-state index in [9.17, 15) is 9.59 Å². The van der Waals surface area contributed by atoms with Gasteiger partial charge in [-0.15, -0.1) is 11.6 Å². The van der Waals surface area contributed by atoms with Crippen LogP contribution in [0.2, 0.25) is 0 Å². The maximum atomic E-state index is 11.5. The van der Waals surface area contributed by atoms with Crippen LogP contribution in [0, 0.1) is 5.92 Å². The van der Waals surface area contributed by atoms with Crippen LogP contribution in [-0.4, -0.2) is 23.4 Å². The van der Waals surface area contributed by atoms with E-state index in [1.807, 2.05) is 0 Å². The zero-order valence-electron chi connectivity index (χ0n) is 11.2. The molecule has 0 heterocycles. The van der Waals surface area contributed by atoms with E-state index in [4.69, 9.17) is 11.6 Å². The van der Waals surface area contributed by atoms with Crippen molar-refractivity contribution in [1.29, 1.82) is 0 Å². The molecule has 0 aromatic heterocycles. The minimum atomic E-state index is -0.684. The lowest BCUT2D eigenvalue weighted by Crippen LogP contribution is -2.47. The molecule has 5 heteroatoms. The van der Waals surface area contributed by atoms with Crippen LogP contribution in [0.15, 0.2) is 0 Å². The van der Waals surface area contributed by atoms with Crippen molar-refractivity contribution in [2.45, 2.75) is 63.8 Å². The summed E-state index contributed by atoms with van der Waals surface area (Å²) in [5.41, 5.74) is 0. The largest absolute Gasteiger partial charge is 0.335 e. The van der Waals surface area contributed by atoms with Crippen LogP contribution in [0.5, 0.6) is 0 Å². The Labute approximate surface area is 114 Å². The molecule has 0 aromatic carbocycles. The molecule has 1 aliphatic rings. The average molecular weight is 275 g/mol. The molecule has 1 unspecified atom stereocenters. The van der Waals surface area contributed by atoms with Crippen molar-refractivity contribution in [3.05, 3.63) is 0 Å². The minimum absolute atomic E-state index is 0.191. The third kappa shape index (κ3) is 5.25. The molecule has 0 spiro atoms. The van der Waals surface area contributed by atoms with Gasteiger partial charge in [-0.05, 0) is 38.5 Å². The summed E-state index contributed by atoms with van der Waals surface area (Å²) in [6.07, 6.45) is 6.84. The van der Waals surface area contributed by atoms with Gasteiger partial charge < -0.3 is 5.32 Å². The molecule has 0 aliphatic heterocycles. The standard InChI is InChI=1S/C13H23ClN2O2/c1-3-4-10-5-7-11(8-6-10)15-13(18)16-12(17)9(2)14/h9-11H,3-8H2,1-2H3,(H2,15,16,17,18). The molecule has 0 aromatic rings. The molecule has 0 saturated heterocycles. The zero-order valence-corrected chi connectivity index (χ0v) is 11.9. The van der Waals surface area contributed by atoms with E-state index < -0.39 is 17.3 Å². The van der Waals surface area contributed by atoms with Crippen LogP contribution in [0.1, 0.15) is 52.4 Å². The summed E-state index contributed by atoms with van der Waals surface area (Å²) in [5, 5.41) is 4.40. The van der Waals surface area contributed by atoms with E-state index >= 15 is 0 Å². The third-order valence-electron chi connectivity index (χ3n) is 3.48. The quantitative estimate of drug-likeness (QED) is 0.775. The summed E-state index contributed by atoms with van der Waals surface area (Å²) >= 11 is 5.58. The van der Waals surface area contributed by atoms with E-state index in [1.54, 1.807) is 6.92 Å². The predicted molar refractivity (Wildman–Crippen MR) is 72.6 cm³/mol. The second kappa shape index (κ2) is 7.62. The van der Waals surface area contributed by atoms with Gasteiger partial charge in [0.25, 0.3) is 0 Å². The third-order valence-corrected chi connectivity index (χ3v) is 3.68. The molecular weight excluding hydrogens is 252 g/mol. The molecule has 4 nitrogen and oxygen atoms in total. The number of rotatable bonds is 4. The molecule has 1 saturated carbocycles. The Hall–Kier alpha value is -0.770. The Morgan fingerprint density at radius 2 is 1.89 bits per heavy atom. The van der Waals surface area contributed by atoms with Crippen molar-refractivity contribution in [2.75, 3.05) is 0 Å². The van der Waals surface area contributed by atoms with Crippen LogP contribution in [0.3, 0.4) is 0 Å². The monoisotopic (exact) mass is 274 g/mol. The first-order valence-corrected chi connectivity index (χ1v) is 7.22. The van der Waals surface area contributed by atoms with Crippen molar-refractivity contribution >= 4 is 23.5 Å². The number of nitrogens with one attached hydrogen (secondary N) is 2. The van der Waals surface area contributed by atoms with Crippen molar-refractivity contribution < 1.29 is 9.59 Å². The van der Waals surface area contributed by atoms with Gasteiger partial charge in [0.15, 0.2) is 0 Å². The normalized spacial score (nSPS) is 25.3. The number of halogens is 1. The van der Waals surface area contributed by atoms with Gasteiger partial charge in [0.1, 0.15) is 5.38 Å². The van der Waals surface area contributed by atoms with Gasteiger partial charge in [-0.2, -0.15) is 0 Å². The lowest BCUT2D eigenvalue weighted by Gasteiger charge is -2.28. The molecule has 1 aliphatic carbocycles.